The Labute approximate surface area is 188 Å². The van der Waals surface area contributed by atoms with Crippen molar-refractivity contribution in [1.82, 2.24) is 15.2 Å². The Morgan fingerprint density at radius 2 is 1.93 bits per heavy atom. The molecule has 0 aliphatic carbocycles. The van der Waals surface area contributed by atoms with Crippen LogP contribution >= 0.6 is 69.3 Å². The number of nitrogens with zero attached hydrogens (tertiary/aromatic N) is 2. The van der Waals surface area contributed by atoms with Crippen molar-refractivity contribution < 1.29 is 9.59 Å². The summed E-state index contributed by atoms with van der Waals surface area (Å²) in [5.74, 6) is -1.34. The Hall–Kier alpha value is 0.0200. The largest absolute Gasteiger partial charge is 0.348 e. The Bertz CT molecular complexity index is 610. The number of rotatable bonds is 9. The van der Waals surface area contributed by atoms with Gasteiger partial charge in [-0.05, 0) is 12.3 Å². The molecule has 11 heteroatoms. The second-order valence-corrected chi connectivity index (χ2v) is 10.9. The smallest absolute Gasteiger partial charge is 0.243 e. The fraction of sp³-hybridized carbons (Fsp3) is 0.688. The summed E-state index contributed by atoms with van der Waals surface area (Å²) >= 11 is 30.8. The molecular weight excluding hydrogens is 476 g/mol. The Balaban J connectivity index is 2.84. The van der Waals surface area contributed by atoms with Gasteiger partial charge in [0.25, 0.3) is 0 Å². The molecule has 0 spiro atoms. The third kappa shape index (κ3) is 8.50. The number of carbonyl (C=O) groups excluding carboxylic acids is 2. The van der Waals surface area contributed by atoms with E-state index in [2.05, 4.69) is 10.3 Å². The molecule has 0 fully saturated rings. The first kappa shape index (κ1) is 25.1. The molecule has 5 nitrogen and oxygen atoms in total. The van der Waals surface area contributed by atoms with E-state index >= 15 is 0 Å². The molecule has 3 atom stereocenters. The first-order valence-electron chi connectivity index (χ1n) is 8.20. The van der Waals surface area contributed by atoms with E-state index in [4.69, 9.17) is 58.0 Å². The van der Waals surface area contributed by atoms with Gasteiger partial charge in [0.1, 0.15) is 15.9 Å². The van der Waals surface area contributed by atoms with Gasteiger partial charge in [-0.25, -0.2) is 4.98 Å². The highest BCUT2D eigenvalue weighted by Crippen LogP contribution is 2.37. The molecule has 0 saturated heterocycles. The molecule has 1 aromatic heterocycles. The predicted molar refractivity (Wildman–Crippen MR) is 114 cm³/mol. The van der Waals surface area contributed by atoms with Gasteiger partial charge in [-0.3, -0.25) is 9.59 Å². The molecule has 1 unspecified atom stereocenters. The van der Waals surface area contributed by atoms with Gasteiger partial charge in [0.15, 0.2) is 3.79 Å². The minimum absolute atomic E-state index is 0.0111. The molecular formula is C16H22Cl5N3O2S. The van der Waals surface area contributed by atoms with Crippen LogP contribution in [0.4, 0.5) is 0 Å². The molecule has 1 aromatic rings. The number of alkyl halides is 5. The standard InChI is InChI=1S/C16H22Cl5N3O2S/c1-9(14(17)18)6-11(15(26)23-8-12-22-4-5-27-12)24(3)13(25)7-10(2)16(19,20)21/h4-5,9-11,14H,6-8H2,1-3H3,(H,23,26)/t9-,10?,11+/m1/s1. The van der Waals surface area contributed by atoms with Crippen LogP contribution in [0.3, 0.4) is 0 Å². The number of carbonyl (C=O) groups is 2. The number of hydrogen-bond acceptors (Lipinski definition) is 4. The zero-order valence-corrected chi connectivity index (χ0v) is 19.7. The molecule has 1 N–H and O–H groups in total. The van der Waals surface area contributed by atoms with Crippen molar-refractivity contribution in [3.8, 4) is 0 Å². The van der Waals surface area contributed by atoms with Gasteiger partial charge in [-0.1, -0.05) is 48.7 Å². The highest BCUT2D eigenvalue weighted by Gasteiger charge is 2.35. The third-order valence-corrected chi connectivity index (χ3v) is 6.88. The van der Waals surface area contributed by atoms with Gasteiger partial charge in [0, 0.05) is 31.0 Å². The summed E-state index contributed by atoms with van der Waals surface area (Å²) in [4.78, 5) is 30.2. The first-order valence-corrected chi connectivity index (χ1v) is 11.1. The number of aromatic nitrogens is 1. The zero-order chi connectivity index (χ0) is 20.8. The van der Waals surface area contributed by atoms with E-state index in [0.717, 1.165) is 5.01 Å². The number of amides is 2. The SMILES string of the molecule is CC(CC(=O)N(C)[C@@H](C[C@@H](C)C(Cl)Cl)C(=O)NCc1nccs1)C(Cl)(Cl)Cl. The summed E-state index contributed by atoms with van der Waals surface area (Å²) in [5, 5.41) is 5.38. The Morgan fingerprint density at radius 1 is 1.30 bits per heavy atom. The van der Waals surface area contributed by atoms with Gasteiger partial charge in [0.05, 0.1) is 6.54 Å². The molecule has 154 valence electrons. The van der Waals surface area contributed by atoms with E-state index in [1.54, 1.807) is 20.2 Å². The molecule has 0 aliphatic heterocycles. The van der Waals surface area contributed by atoms with Gasteiger partial charge in [0.2, 0.25) is 11.8 Å². The fourth-order valence-corrected chi connectivity index (χ4v) is 3.21. The summed E-state index contributed by atoms with van der Waals surface area (Å²) in [6, 6.07) is -0.755. The van der Waals surface area contributed by atoms with Crippen molar-refractivity contribution in [2.24, 2.45) is 11.8 Å². The van der Waals surface area contributed by atoms with Crippen LogP contribution < -0.4 is 5.32 Å². The lowest BCUT2D eigenvalue weighted by Crippen LogP contribution is -2.49. The lowest BCUT2D eigenvalue weighted by atomic mass is 10.00. The molecule has 27 heavy (non-hydrogen) atoms. The monoisotopic (exact) mass is 495 g/mol. The van der Waals surface area contributed by atoms with Crippen molar-refractivity contribution in [3.05, 3.63) is 16.6 Å². The molecule has 0 bridgehead atoms. The minimum Gasteiger partial charge on any atom is -0.348 e. The lowest BCUT2D eigenvalue weighted by molar-refractivity contribution is -0.140. The van der Waals surface area contributed by atoms with Crippen LogP contribution in [0.5, 0.6) is 0 Å². The van der Waals surface area contributed by atoms with E-state index in [-0.39, 0.29) is 30.7 Å². The average Bonchev–Trinajstić information content (AvgIpc) is 3.09. The maximum atomic E-state index is 12.7. The number of likely N-dealkylation sites (N-methyl/N-ethyl adjacent to an activating group) is 1. The van der Waals surface area contributed by atoms with Crippen LogP contribution in [-0.4, -0.2) is 43.4 Å². The second kappa shape index (κ2) is 11.3. The Kier molecular flexibility index (Phi) is 10.5. The zero-order valence-electron chi connectivity index (χ0n) is 15.1. The van der Waals surface area contributed by atoms with Gasteiger partial charge in [-0.2, -0.15) is 0 Å². The van der Waals surface area contributed by atoms with Crippen LogP contribution in [-0.2, 0) is 16.1 Å². The van der Waals surface area contributed by atoms with Crippen molar-refractivity contribution in [2.45, 2.75) is 47.9 Å². The quantitative estimate of drug-likeness (QED) is 0.498. The van der Waals surface area contributed by atoms with Crippen LogP contribution in [0.2, 0.25) is 0 Å². The fourth-order valence-electron chi connectivity index (χ4n) is 2.21. The van der Waals surface area contributed by atoms with Gasteiger partial charge >= 0.3 is 0 Å². The summed E-state index contributed by atoms with van der Waals surface area (Å²) in [6.45, 7) is 3.75. The minimum atomic E-state index is -1.57. The van der Waals surface area contributed by atoms with Crippen LogP contribution in [0, 0.1) is 11.8 Å². The average molecular weight is 498 g/mol. The molecule has 1 rings (SSSR count). The van der Waals surface area contributed by atoms with E-state index < -0.39 is 20.6 Å². The number of thiazole rings is 1. The van der Waals surface area contributed by atoms with Crippen molar-refractivity contribution in [3.63, 3.8) is 0 Å². The molecule has 1 heterocycles. The summed E-state index contributed by atoms with van der Waals surface area (Å²) in [6.07, 6.45) is 1.94. The normalized spacial score (nSPS) is 15.3. The van der Waals surface area contributed by atoms with E-state index in [9.17, 15) is 9.59 Å². The predicted octanol–water partition coefficient (Wildman–Crippen LogP) is 4.81. The first-order chi connectivity index (χ1) is 12.4. The summed E-state index contributed by atoms with van der Waals surface area (Å²) in [7, 11) is 1.55. The number of hydrogen-bond donors (Lipinski definition) is 1. The number of nitrogens with one attached hydrogen (secondary N) is 1. The highest BCUT2D eigenvalue weighted by atomic mass is 35.6. The topological polar surface area (TPSA) is 62.3 Å². The van der Waals surface area contributed by atoms with Gasteiger partial charge < -0.3 is 10.2 Å². The molecule has 0 aromatic carbocycles. The maximum Gasteiger partial charge on any atom is 0.243 e. The van der Waals surface area contributed by atoms with Crippen LogP contribution in [0.15, 0.2) is 11.6 Å². The Morgan fingerprint density at radius 3 is 2.41 bits per heavy atom. The highest BCUT2D eigenvalue weighted by molar-refractivity contribution is 7.09. The van der Waals surface area contributed by atoms with Crippen LogP contribution in [0.1, 0.15) is 31.7 Å². The van der Waals surface area contributed by atoms with Crippen molar-refractivity contribution in [2.75, 3.05) is 7.05 Å². The maximum absolute atomic E-state index is 12.7. The lowest BCUT2D eigenvalue weighted by Gasteiger charge is -2.31. The van der Waals surface area contributed by atoms with E-state index in [1.807, 2.05) is 12.3 Å². The summed E-state index contributed by atoms with van der Waals surface area (Å²) in [5.41, 5.74) is 0. The van der Waals surface area contributed by atoms with E-state index in [0.29, 0.717) is 6.42 Å². The third-order valence-electron chi connectivity index (χ3n) is 4.13. The van der Waals surface area contributed by atoms with Gasteiger partial charge in [-0.15, -0.1) is 34.5 Å². The number of halogens is 5. The van der Waals surface area contributed by atoms with Crippen molar-refractivity contribution in [1.29, 1.82) is 0 Å². The van der Waals surface area contributed by atoms with Crippen LogP contribution in [0.25, 0.3) is 0 Å². The molecule has 2 amide bonds. The second-order valence-electron chi connectivity index (χ2n) is 6.36. The molecule has 0 radical (unpaired) electrons. The summed E-state index contributed by atoms with van der Waals surface area (Å²) < 4.78 is -1.57. The van der Waals surface area contributed by atoms with Crippen molar-refractivity contribution >= 4 is 81.2 Å². The molecule has 0 saturated carbocycles. The van der Waals surface area contributed by atoms with E-state index in [1.165, 1.54) is 16.2 Å². The molecule has 0 aliphatic rings.